The number of hydrogen-bond acceptors (Lipinski definition) is 6. The van der Waals surface area contributed by atoms with Crippen LogP contribution >= 0.6 is 11.3 Å². The van der Waals surface area contributed by atoms with Gasteiger partial charge in [0.05, 0.1) is 23.6 Å². The van der Waals surface area contributed by atoms with Gasteiger partial charge in [0, 0.05) is 42.8 Å². The van der Waals surface area contributed by atoms with Gasteiger partial charge in [-0.25, -0.2) is 4.98 Å². The number of piperidine rings is 1. The first kappa shape index (κ1) is 32.4. The van der Waals surface area contributed by atoms with Crippen molar-refractivity contribution in [1.82, 2.24) is 15.2 Å². The molecule has 0 saturated carbocycles. The molecular weight excluding hydrogens is 546 g/mol. The number of terminal acetylenes is 1. The van der Waals surface area contributed by atoms with Gasteiger partial charge >= 0.3 is 0 Å². The van der Waals surface area contributed by atoms with Crippen LogP contribution in [0.4, 0.5) is 0 Å². The van der Waals surface area contributed by atoms with Crippen molar-refractivity contribution < 1.29 is 19.4 Å². The molecule has 0 spiro atoms. The number of hydrogen-bond donors (Lipinski definition) is 2. The van der Waals surface area contributed by atoms with Crippen molar-refractivity contribution in [1.29, 1.82) is 0 Å². The van der Waals surface area contributed by atoms with E-state index in [1.54, 1.807) is 24.6 Å². The first-order chi connectivity index (χ1) is 20.3. The van der Waals surface area contributed by atoms with Gasteiger partial charge in [0.1, 0.15) is 11.4 Å². The maximum Gasteiger partial charge on any atom is 0.275 e. The molecule has 0 aliphatic carbocycles. The summed E-state index contributed by atoms with van der Waals surface area (Å²) >= 11 is 1.48. The highest BCUT2D eigenvalue weighted by molar-refractivity contribution is 7.09. The zero-order chi connectivity index (χ0) is 30.5. The summed E-state index contributed by atoms with van der Waals surface area (Å²) in [5.74, 6) is 3.53. The van der Waals surface area contributed by atoms with Crippen molar-refractivity contribution in [2.24, 2.45) is 0 Å². The van der Waals surface area contributed by atoms with Gasteiger partial charge in [-0.15, -0.1) is 23.7 Å². The first-order valence-corrected chi connectivity index (χ1v) is 15.2. The smallest absolute Gasteiger partial charge is 0.275 e. The van der Waals surface area contributed by atoms with E-state index in [2.05, 4.69) is 18.2 Å². The van der Waals surface area contributed by atoms with E-state index in [1.165, 1.54) is 11.3 Å². The van der Waals surface area contributed by atoms with E-state index >= 15 is 0 Å². The van der Waals surface area contributed by atoms with Gasteiger partial charge in [0.15, 0.2) is 0 Å². The molecular formula is C34H41N3O4S. The minimum Gasteiger partial charge on any atom is -0.508 e. The number of aromatic hydroxyl groups is 1. The fraction of sp³-hybridized carbons (Fsp3) is 0.382. The zero-order valence-electron chi connectivity index (χ0n) is 25.0. The Balaban J connectivity index is 1.69. The van der Waals surface area contributed by atoms with Crippen molar-refractivity contribution in [2.75, 3.05) is 20.2 Å². The Bertz CT molecular complexity index is 1400. The van der Waals surface area contributed by atoms with E-state index in [-0.39, 0.29) is 23.5 Å². The van der Waals surface area contributed by atoms with Crippen LogP contribution in [0, 0.1) is 12.3 Å². The number of rotatable bonds is 12. The number of para-hydroxylation sites is 1. The lowest BCUT2D eigenvalue weighted by atomic mass is 9.97. The molecule has 42 heavy (non-hydrogen) atoms. The second-order valence-corrected chi connectivity index (χ2v) is 11.0. The van der Waals surface area contributed by atoms with Gasteiger partial charge in [-0.1, -0.05) is 43.4 Å². The van der Waals surface area contributed by atoms with Gasteiger partial charge < -0.3 is 20.1 Å². The summed E-state index contributed by atoms with van der Waals surface area (Å²) in [4.78, 5) is 32.8. The highest BCUT2D eigenvalue weighted by Crippen LogP contribution is 2.31. The summed E-state index contributed by atoms with van der Waals surface area (Å²) in [6.45, 7) is 7.12. The number of carbonyl (C=O) groups excluding carboxylic acids is 2. The lowest BCUT2D eigenvalue weighted by Crippen LogP contribution is -2.38. The average molecular weight is 588 g/mol. The number of nitrogens with one attached hydrogen (secondary N) is 1. The monoisotopic (exact) mass is 587 g/mol. The van der Waals surface area contributed by atoms with Crippen LogP contribution in [0.1, 0.15) is 79.9 Å². The molecule has 8 heteroatoms. The van der Waals surface area contributed by atoms with E-state index in [0.717, 1.165) is 41.0 Å². The molecule has 0 radical (unpaired) electrons. The standard InChI is InChI=1S/C34H41N3O4S/c1-6-9-13-25(8-3)28(12-7-2)29(22-24(4)41-5)35-33(40)30-23-42-34(36-30)27-18-20-37(21-19-27)32(39)17-16-26-14-10-11-15-31(26)38/h1,7,10-15,22-23,27,38H,8-9,16-21H2,2-5H3,(H,35,40)/b12-7-,24-22+,25-13+,29-28-. The first-order valence-electron chi connectivity index (χ1n) is 14.3. The Morgan fingerprint density at radius 2 is 2.02 bits per heavy atom. The van der Waals surface area contributed by atoms with Crippen LogP contribution in [0.5, 0.6) is 5.75 Å². The van der Waals surface area contributed by atoms with E-state index < -0.39 is 0 Å². The molecule has 7 nitrogen and oxygen atoms in total. The van der Waals surface area contributed by atoms with Crippen molar-refractivity contribution >= 4 is 23.2 Å². The third-order valence-electron chi connectivity index (χ3n) is 7.29. The molecule has 1 saturated heterocycles. The molecule has 2 amide bonds. The number of carbonyl (C=O) groups is 2. The summed E-state index contributed by atoms with van der Waals surface area (Å²) in [6.07, 6.45) is 16.9. The quantitative estimate of drug-likeness (QED) is 0.165. The van der Waals surface area contributed by atoms with Crippen molar-refractivity contribution in [3.63, 3.8) is 0 Å². The Morgan fingerprint density at radius 3 is 2.67 bits per heavy atom. The average Bonchev–Trinajstić information content (AvgIpc) is 3.50. The minimum atomic E-state index is -0.293. The van der Waals surface area contributed by atoms with Gasteiger partial charge in [-0.05, 0) is 62.8 Å². The van der Waals surface area contributed by atoms with Crippen LogP contribution < -0.4 is 5.32 Å². The summed E-state index contributed by atoms with van der Waals surface area (Å²) in [7, 11) is 1.59. The second-order valence-electron chi connectivity index (χ2n) is 10.1. The molecule has 1 aliphatic rings. The number of aromatic nitrogens is 1. The Kier molecular flexibility index (Phi) is 12.6. The number of thiazole rings is 1. The maximum absolute atomic E-state index is 13.4. The molecule has 2 aromatic rings. The second kappa shape index (κ2) is 16.4. The Morgan fingerprint density at radius 1 is 1.29 bits per heavy atom. The van der Waals surface area contributed by atoms with Crippen molar-refractivity contribution in [2.45, 2.75) is 65.2 Å². The largest absolute Gasteiger partial charge is 0.508 e. The predicted octanol–water partition coefficient (Wildman–Crippen LogP) is 6.66. The fourth-order valence-electron chi connectivity index (χ4n) is 4.87. The third-order valence-corrected chi connectivity index (χ3v) is 8.29. The molecule has 1 aromatic heterocycles. The Labute approximate surface area is 253 Å². The van der Waals surface area contributed by atoms with Gasteiger partial charge in [-0.2, -0.15) is 0 Å². The SMILES string of the molecule is C#CC/C=C(CC)/C(/C=C\C)=C(/C=C(\C)OC)NC(=O)c1csc(C2CCN(C(=O)CCc3ccccc3O)CC2)n1. The number of amides is 2. The number of phenols is 1. The van der Waals surface area contributed by atoms with Gasteiger partial charge in [0.25, 0.3) is 5.91 Å². The van der Waals surface area contributed by atoms with Crippen LogP contribution in [0.2, 0.25) is 0 Å². The Hall–Kier alpha value is -4.09. The van der Waals surface area contributed by atoms with E-state index in [9.17, 15) is 14.7 Å². The van der Waals surface area contributed by atoms with E-state index in [4.69, 9.17) is 16.1 Å². The van der Waals surface area contributed by atoms with Crippen LogP contribution in [0.25, 0.3) is 0 Å². The topological polar surface area (TPSA) is 91.8 Å². The fourth-order valence-corrected chi connectivity index (χ4v) is 5.84. The summed E-state index contributed by atoms with van der Waals surface area (Å²) < 4.78 is 5.39. The number of allylic oxidation sites excluding steroid dienone is 7. The van der Waals surface area contributed by atoms with Crippen LogP contribution in [-0.4, -0.2) is 47.0 Å². The molecule has 2 N–H and O–H groups in total. The third kappa shape index (κ3) is 8.95. The highest BCUT2D eigenvalue weighted by atomic mass is 32.1. The van der Waals surface area contributed by atoms with Crippen LogP contribution in [0.3, 0.4) is 0 Å². The lowest BCUT2D eigenvalue weighted by Gasteiger charge is -2.31. The van der Waals surface area contributed by atoms with E-state index in [0.29, 0.717) is 49.5 Å². The molecule has 0 atom stereocenters. The normalized spacial score (nSPS) is 15.4. The molecule has 1 fully saturated rings. The molecule has 1 aromatic carbocycles. The number of phenolic OH excluding ortho intramolecular Hbond substituents is 1. The van der Waals surface area contributed by atoms with Gasteiger partial charge in [-0.3, -0.25) is 9.59 Å². The van der Waals surface area contributed by atoms with Gasteiger partial charge in [0.2, 0.25) is 5.91 Å². The molecule has 2 heterocycles. The number of methoxy groups -OCH3 is 1. The zero-order valence-corrected chi connectivity index (χ0v) is 25.8. The maximum atomic E-state index is 13.4. The van der Waals surface area contributed by atoms with Crippen LogP contribution in [0.15, 0.2) is 76.6 Å². The number of ether oxygens (including phenoxy) is 1. The molecule has 3 rings (SSSR count). The number of likely N-dealkylation sites (tertiary alicyclic amines) is 1. The minimum absolute atomic E-state index is 0.0920. The van der Waals surface area contributed by atoms with Crippen molar-refractivity contribution in [3.8, 4) is 18.1 Å². The predicted molar refractivity (Wildman–Crippen MR) is 169 cm³/mol. The molecule has 1 aliphatic heterocycles. The summed E-state index contributed by atoms with van der Waals surface area (Å²) in [5, 5.41) is 15.7. The molecule has 222 valence electrons. The van der Waals surface area contributed by atoms with E-state index in [1.807, 2.05) is 55.2 Å². The summed E-state index contributed by atoms with van der Waals surface area (Å²) in [5.41, 5.74) is 3.67. The molecule has 0 bridgehead atoms. The molecule has 0 unspecified atom stereocenters. The summed E-state index contributed by atoms with van der Waals surface area (Å²) in [6, 6.07) is 7.13. The van der Waals surface area contributed by atoms with Crippen molar-refractivity contribution in [3.05, 3.63) is 92.8 Å². The number of benzene rings is 1. The lowest BCUT2D eigenvalue weighted by molar-refractivity contribution is -0.132. The van der Waals surface area contributed by atoms with Crippen LogP contribution in [-0.2, 0) is 16.0 Å². The number of nitrogens with zero attached hydrogens (tertiary/aromatic N) is 2. The number of aryl methyl sites for hydroxylation is 1. The highest BCUT2D eigenvalue weighted by Gasteiger charge is 2.26.